The second kappa shape index (κ2) is 8.93. The van der Waals surface area contributed by atoms with E-state index in [0.29, 0.717) is 19.6 Å². The predicted molar refractivity (Wildman–Crippen MR) is 127 cm³/mol. The number of nitrogens with one attached hydrogen (secondary N) is 1. The number of aromatic nitrogens is 1. The Kier molecular flexibility index (Phi) is 5.69. The number of hydrogen-bond acceptors (Lipinski definition) is 4. The first-order valence-electron chi connectivity index (χ1n) is 10.5. The summed E-state index contributed by atoms with van der Waals surface area (Å²) < 4.78 is 8.08. The Hall–Kier alpha value is -3.51. The van der Waals surface area contributed by atoms with Crippen molar-refractivity contribution in [3.05, 3.63) is 102 Å². The molecule has 0 radical (unpaired) electrons. The molecular weight excluding hydrogens is 420 g/mol. The molecule has 1 amide bonds. The van der Waals surface area contributed by atoms with Crippen molar-refractivity contribution in [2.24, 2.45) is 0 Å². The summed E-state index contributed by atoms with van der Waals surface area (Å²) in [5.41, 5.74) is 4.46. The summed E-state index contributed by atoms with van der Waals surface area (Å²) in [7, 11) is 0. The molecule has 1 aromatic heterocycles. The molecule has 4 aromatic rings. The fourth-order valence-electron chi connectivity index (χ4n) is 3.99. The highest BCUT2D eigenvalue weighted by Crippen LogP contribution is 2.27. The van der Waals surface area contributed by atoms with Crippen molar-refractivity contribution in [3.63, 3.8) is 0 Å². The number of para-hydroxylation sites is 1. The third-order valence-electron chi connectivity index (χ3n) is 5.59. The lowest BCUT2D eigenvalue weighted by molar-refractivity contribution is -0.112. The normalized spacial score (nSPS) is 15.8. The summed E-state index contributed by atoms with van der Waals surface area (Å²) in [5, 5.41) is 3.48. The molecule has 1 aliphatic heterocycles. The molecule has 0 bridgehead atoms. The molecule has 1 aliphatic rings. The maximum absolute atomic E-state index is 12.1. The summed E-state index contributed by atoms with van der Waals surface area (Å²) in [6, 6.07) is 25.9. The fourth-order valence-corrected chi connectivity index (χ4v) is 4.66. The number of thioether (sulfide) groups is 1. The van der Waals surface area contributed by atoms with Gasteiger partial charge in [0.2, 0.25) is 5.12 Å². The number of hydrogen-bond donors (Lipinski definition) is 1. The summed E-state index contributed by atoms with van der Waals surface area (Å²) >= 11 is 0.759. The second-order valence-corrected chi connectivity index (χ2v) is 8.80. The Morgan fingerprint density at radius 1 is 0.875 bits per heavy atom. The highest BCUT2D eigenvalue weighted by molar-refractivity contribution is 8.26. The van der Waals surface area contributed by atoms with Crippen LogP contribution >= 0.6 is 11.8 Å². The van der Waals surface area contributed by atoms with E-state index in [4.69, 9.17) is 4.74 Å². The lowest BCUT2D eigenvalue weighted by atomic mass is 10.1. The maximum atomic E-state index is 12.1. The van der Waals surface area contributed by atoms with Crippen molar-refractivity contribution in [1.82, 2.24) is 9.88 Å². The number of rotatable bonds is 7. The van der Waals surface area contributed by atoms with Crippen molar-refractivity contribution in [2.75, 3.05) is 0 Å². The van der Waals surface area contributed by atoms with E-state index in [0.717, 1.165) is 45.1 Å². The molecule has 160 valence electrons. The zero-order valence-corrected chi connectivity index (χ0v) is 18.2. The van der Waals surface area contributed by atoms with Gasteiger partial charge in [0.1, 0.15) is 18.4 Å². The van der Waals surface area contributed by atoms with Gasteiger partial charge in [0, 0.05) is 41.8 Å². The van der Waals surface area contributed by atoms with Crippen LogP contribution in [-0.4, -0.2) is 21.0 Å². The minimum absolute atomic E-state index is 0.113. The minimum Gasteiger partial charge on any atom is -0.489 e. The van der Waals surface area contributed by atoms with Crippen LogP contribution in [0, 0.1) is 0 Å². The molecule has 0 spiro atoms. The van der Waals surface area contributed by atoms with Gasteiger partial charge in [-0.25, -0.2) is 0 Å². The molecule has 2 heterocycles. The number of fused-ring (bicyclic) bond motifs is 1. The fraction of sp³-hybridized carbons (Fsp3) is 0.154. The molecule has 1 N–H and O–H groups in total. The van der Waals surface area contributed by atoms with Crippen LogP contribution in [0.1, 0.15) is 16.7 Å². The molecule has 5 nitrogen and oxygen atoms in total. The minimum atomic E-state index is -0.465. The first kappa shape index (κ1) is 20.4. The molecule has 6 heteroatoms. The zero-order valence-electron chi connectivity index (χ0n) is 17.4. The van der Waals surface area contributed by atoms with Crippen molar-refractivity contribution in [2.45, 2.75) is 25.6 Å². The van der Waals surface area contributed by atoms with Crippen LogP contribution in [0.25, 0.3) is 10.9 Å². The zero-order chi connectivity index (χ0) is 21.9. The van der Waals surface area contributed by atoms with Gasteiger partial charge in [-0.15, -0.1) is 0 Å². The molecule has 1 unspecified atom stereocenters. The molecule has 0 aliphatic carbocycles. The number of carbonyl (C=O) groups excluding carboxylic acids is 2. The van der Waals surface area contributed by atoms with Crippen LogP contribution in [0.15, 0.2) is 85.1 Å². The van der Waals surface area contributed by atoms with Gasteiger partial charge >= 0.3 is 0 Å². The van der Waals surface area contributed by atoms with Crippen molar-refractivity contribution in [1.29, 1.82) is 0 Å². The van der Waals surface area contributed by atoms with E-state index < -0.39 is 6.04 Å². The van der Waals surface area contributed by atoms with Crippen molar-refractivity contribution >= 4 is 33.0 Å². The number of benzene rings is 3. The van der Waals surface area contributed by atoms with E-state index in [9.17, 15) is 9.59 Å². The average Bonchev–Trinajstić information content (AvgIpc) is 3.32. The molecule has 0 saturated carbocycles. The Bertz CT molecular complexity index is 1270. The third kappa shape index (κ3) is 4.41. The van der Waals surface area contributed by atoms with Crippen molar-refractivity contribution in [3.8, 4) is 5.75 Å². The van der Waals surface area contributed by atoms with Gasteiger partial charge in [-0.2, -0.15) is 0 Å². The summed E-state index contributed by atoms with van der Waals surface area (Å²) in [5.74, 6) is 0.837. The predicted octanol–water partition coefficient (Wildman–Crippen LogP) is 5.16. The van der Waals surface area contributed by atoms with Gasteiger partial charge in [-0.05, 0) is 34.9 Å². The van der Waals surface area contributed by atoms with Gasteiger partial charge in [0.25, 0.3) is 5.24 Å². The van der Waals surface area contributed by atoms with Crippen LogP contribution in [-0.2, 0) is 24.4 Å². The monoisotopic (exact) mass is 442 g/mol. The van der Waals surface area contributed by atoms with E-state index in [-0.39, 0.29) is 10.4 Å². The summed E-state index contributed by atoms with van der Waals surface area (Å²) in [4.78, 5) is 23.6. The van der Waals surface area contributed by atoms with E-state index >= 15 is 0 Å². The molecule has 1 fully saturated rings. The maximum Gasteiger partial charge on any atom is 0.287 e. The molecule has 5 rings (SSSR count). The van der Waals surface area contributed by atoms with E-state index in [1.807, 2.05) is 54.6 Å². The lowest BCUT2D eigenvalue weighted by Gasteiger charge is -2.09. The van der Waals surface area contributed by atoms with Gasteiger partial charge in [-0.1, -0.05) is 60.7 Å². The van der Waals surface area contributed by atoms with Gasteiger partial charge in [0.15, 0.2) is 0 Å². The summed E-state index contributed by atoms with van der Waals surface area (Å²) in [6.45, 7) is 1.25. The second-order valence-electron chi connectivity index (χ2n) is 7.83. The third-order valence-corrected chi connectivity index (χ3v) is 6.38. The van der Waals surface area contributed by atoms with Crippen LogP contribution in [0.2, 0.25) is 0 Å². The average molecular weight is 443 g/mol. The number of ether oxygens (including phenoxy) is 1. The smallest absolute Gasteiger partial charge is 0.287 e. The van der Waals surface area contributed by atoms with Gasteiger partial charge in [0.05, 0.1) is 0 Å². The Morgan fingerprint density at radius 3 is 2.38 bits per heavy atom. The quantitative estimate of drug-likeness (QED) is 0.429. The highest BCUT2D eigenvalue weighted by Gasteiger charge is 2.32. The van der Waals surface area contributed by atoms with E-state index in [1.54, 1.807) is 0 Å². The van der Waals surface area contributed by atoms with Gasteiger partial charge in [-0.3, -0.25) is 9.59 Å². The van der Waals surface area contributed by atoms with Crippen LogP contribution < -0.4 is 10.1 Å². The Labute approximate surface area is 190 Å². The van der Waals surface area contributed by atoms with Crippen molar-refractivity contribution < 1.29 is 14.3 Å². The first-order chi connectivity index (χ1) is 15.7. The van der Waals surface area contributed by atoms with E-state index in [2.05, 4.69) is 40.3 Å². The number of carbonyl (C=O) groups is 2. The SMILES string of the molecule is O=C1NC(Cc2cn(Cc3ccc(OCc4ccccc4)cc3)c3ccccc23)C(=O)S1. The molecule has 1 saturated heterocycles. The molecular formula is C26H22N2O3S. The highest BCUT2D eigenvalue weighted by atomic mass is 32.2. The number of amides is 1. The molecule has 3 aromatic carbocycles. The topological polar surface area (TPSA) is 60.3 Å². The first-order valence-corrected chi connectivity index (χ1v) is 11.3. The van der Waals surface area contributed by atoms with E-state index in [1.165, 1.54) is 0 Å². The van der Waals surface area contributed by atoms with Crippen LogP contribution in [0.5, 0.6) is 5.75 Å². The largest absolute Gasteiger partial charge is 0.489 e. The standard InChI is InChI=1S/C26H22N2O3S/c29-25-23(27-26(30)32-25)14-20-16-28(24-9-5-4-8-22(20)24)15-18-10-12-21(13-11-18)31-17-19-6-2-1-3-7-19/h1-13,16,23H,14-15,17H2,(H,27,30). The Morgan fingerprint density at radius 2 is 1.62 bits per heavy atom. The van der Waals surface area contributed by atoms with Crippen LogP contribution in [0.3, 0.4) is 0 Å². The molecule has 1 atom stereocenters. The van der Waals surface area contributed by atoms with Crippen LogP contribution in [0.4, 0.5) is 4.79 Å². The molecule has 32 heavy (non-hydrogen) atoms. The Balaban J connectivity index is 1.31. The lowest BCUT2D eigenvalue weighted by Crippen LogP contribution is -2.30. The summed E-state index contributed by atoms with van der Waals surface area (Å²) in [6.07, 6.45) is 2.59. The van der Waals surface area contributed by atoms with Gasteiger partial charge < -0.3 is 14.6 Å². The number of nitrogens with zero attached hydrogens (tertiary/aromatic N) is 1.